The van der Waals surface area contributed by atoms with E-state index in [4.69, 9.17) is 18.9 Å². The molecule has 2 heterocycles. The summed E-state index contributed by atoms with van der Waals surface area (Å²) in [7, 11) is 1.49. The molecule has 1 fully saturated rings. The zero-order valence-electron chi connectivity index (χ0n) is 14.4. The lowest BCUT2D eigenvalue weighted by Crippen LogP contribution is -2.35. The number of carbonyl (C=O) groups is 3. The van der Waals surface area contributed by atoms with Crippen LogP contribution in [0.2, 0.25) is 0 Å². The van der Waals surface area contributed by atoms with E-state index in [-0.39, 0.29) is 17.8 Å². The molecule has 3 rings (SSSR count). The minimum Gasteiger partial charge on any atom is -0.496 e. The molecule has 0 unspecified atom stereocenters. The van der Waals surface area contributed by atoms with Gasteiger partial charge in [0.15, 0.2) is 11.5 Å². The lowest BCUT2D eigenvalue weighted by molar-refractivity contribution is -0.149. The number of hydrogen-bond donors (Lipinski definition) is 0. The molecule has 2 amide bonds. The van der Waals surface area contributed by atoms with Crippen molar-refractivity contribution in [3.05, 3.63) is 22.6 Å². The van der Waals surface area contributed by atoms with Gasteiger partial charge in [0.05, 0.1) is 18.1 Å². The first-order valence-electron chi connectivity index (χ1n) is 7.81. The van der Waals surface area contributed by atoms with Crippen LogP contribution in [-0.2, 0) is 14.3 Å². The lowest BCUT2D eigenvalue weighted by atomic mass is 10.1. The Morgan fingerprint density at radius 2 is 2.00 bits per heavy atom. The summed E-state index contributed by atoms with van der Waals surface area (Å²) in [5.41, 5.74) is 0.562. The van der Waals surface area contributed by atoms with Crippen LogP contribution in [0.4, 0.5) is 4.79 Å². The average molecular weight is 379 g/mol. The van der Waals surface area contributed by atoms with Gasteiger partial charge in [0.1, 0.15) is 12.3 Å². The molecule has 8 nitrogen and oxygen atoms in total. The van der Waals surface area contributed by atoms with Crippen molar-refractivity contribution in [2.75, 3.05) is 20.4 Å². The first-order valence-corrected chi connectivity index (χ1v) is 8.63. The number of benzene rings is 1. The van der Waals surface area contributed by atoms with Crippen molar-refractivity contribution in [1.82, 2.24) is 4.90 Å². The summed E-state index contributed by atoms with van der Waals surface area (Å²) in [5.74, 6) is 0.352. The van der Waals surface area contributed by atoms with Crippen LogP contribution < -0.4 is 14.2 Å². The highest BCUT2D eigenvalue weighted by Crippen LogP contribution is 2.40. The van der Waals surface area contributed by atoms with Gasteiger partial charge in [-0.1, -0.05) is 0 Å². The number of imide groups is 1. The number of rotatable bonds is 5. The van der Waals surface area contributed by atoms with Crippen molar-refractivity contribution in [2.45, 2.75) is 20.0 Å². The third-order valence-electron chi connectivity index (χ3n) is 3.54. The van der Waals surface area contributed by atoms with Gasteiger partial charge in [-0.15, -0.1) is 0 Å². The number of fused-ring (bicyclic) bond motifs is 1. The Morgan fingerprint density at radius 1 is 1.31 bits per heavy atom. The van der Waals surface area contributed by atoms with Crippen LogP contribution in [0.5, 0.6) is 17.2 Å². The van der Waals surface area contributed by atoms with Crippen LogP contribution >= 0.6 is 11.8 Å². The van der Waals surface area contributed by atoms with Gasteiger partial charge in [-0.25, -0.2) is 0 Å². The Bertz CT molecular complexity index is 803. The molecule has 2 aliphatic rings. The number of nitrogens with zero attached hydrogens (tertiary/aromatic N) is 1. The van der Waals surface area contributed by atoms with Crippen LogP contribution in [0.1, 0.15) is 19.4 Å². The highest BCUT2D eigenvalue weighted by atomic mass is 32.2. The van der Waals surface area contributed by atoms with Gasteiger partial charge in [-0.05, 0) is 37.8 Å². The van der Waals surface area contributed by atoms with E-state index < -0.39 is 23.7 Å². The largest absolute Gasteiger partial charge is 0.496 e. The molecule has 0 aliphatic carbocycles. The number of carbonyl (C=O) groups excluding carboxylic acids is 3. The summed E-state index contributed by atoms with van der Waals surface area (Å²) in [5, 5.41) is -0.526. The monoisotopic (exact) mass is 379 g/mol. The van der Waals surface area contributed by atoms with Gasteiger partial charge in [0.2, 0.25) is 6.79 Å². The summed E-state index contributed by atoms with van der Waals surface area (Å²) in [6, 6.07) is 3.32. The molecule has 2 aliphatic heterocycles. The van der Waals surface area contributed by atoms with Crippen LogP contribution in [0.3, 0.4) is 0 Å². The maximum atomic E-state index is 12.5. The standard InChI is InChI=1S/C17H17NO7S/c1-9(2)25-15(19)7-18-16(20)14(26-17(18)21)5-10-4-12-13(24-8-23-12)6-11(10)22-3/h4-6,9H,7-8H2,1-3H3/b14-5-. The fourth-order valence-electron chi connectivity index (χ4n) is 2.44. The molecule has 26 heavy (non-hydrogen) atoms. The molecule has 1 aromatic carbocycles. The molecule has 0 aromatic heterocycles. The number of methoxy groups -OCH3 is 1. The zero-order chi connectivity index (χ0) is 18.8. The minimum atomic E-state index is -0.635. The Labute approximate surface area is 154 Å². The van der Waals surface area contributed by atoms with Crippen LogP contribution in [0.25, 0.3) is 6.08 Å². The number of amides is 2. The highest BCUT2D eigenvalue weighted by Gasteiger charge is 2.37. The highest BCUT2D eigenvalue weighted by molar-refractivity contribution is 8.18. The zero-order valence-corrected chi connectivity index (χ0v) is 15.3. The molecule has 9 heteroatoms. The molecule has 138 valence electrons. The minimum absolute atomic E-state index is 0.108. The second-order valence-corrected chi connectivity index (χ2v) is 6.75. The van der Waals surface area contributed by atoms with Crippen LogP contribution in [0, 0.1) is 0 Å². The third kappa shape index (κ3) is 3.62. The van der Waals surface area contributed by atoms with Gasteiger partial charge < -0.3 is 18.9 Å². The van der Waals surface area contributed by atoms with Crippen LogP contribution in [0.15, 0.2) is 17.0 Å². The third-order valence-corrected chi connectivity index (χ3v) is 4.45. The van der Waals surface area contributed by atoms with Gasteiger partial charge >= 0.3 is 5.97 Å². The fourth-order valence-corrected chi connectivity index (χ4v) is 3.26. The topological polar surface area (TPSA) is 91.4 Å². The van der Waals surface area contributed by atoms with E-state index in [0.717, 1.165) is 16.7 Å². The van der Waals surface area contributed by atoms with Crippen molar-refractivity contribution in [2.24, 2.45) is 0 Å². The number of esters is 1. The van der Waals surface area contributed by atoms with Crippen LogP contribution in [-0.4, -0.2) is 48.6 Å². The lowest BCUT2D eigenvalue weighted by Gasteiger charge is -2.13. The number of thioether (sulfide) groups is 1. The normalized spacial score (nSPS) is 17.4. The second-order valence-electron chi connectivity index (χ2n) is 5.75. The number of ether oxygens (including phenoxy) is 4. The Morgan fingerprint density at radius 3 is 2.65 bits per heavy atom. The Balaban J connectivity index is 1.83. The predicted molar refractivity (Wildman–Crippen MR) is 93.0 cm³/mol. The van der Waals surface area contributed by atoms with Gasteiger partial charge in [-0.2, -0.15) is 0 Å². The molecule has 0 saturated carbocycles. The first-order chi connectivity index (χ1) is 12.4. The van der Waals surface area contributed by atoms with Crippen molar-refractivity contribution in [1.29, 1.82) is 0 Å². The van der Waals surface area contributed by atoms with Crippen molar-refractivity contribution < 1.29 is 33.3 Å². The van der Waals surface area contributed by atoms with E-state index in [9.17, 15) is 14.4 Å². The van der Waals surface area contributed by atoms with E-state index in [1.807, 2.05) is 0 Å². The predicted octanol–water partition coefficient (Wildman–Crippen LogP) is 2.41. The Hall–Kier alpha value is -2.68. The molecule has 0 N–H and O–H groups in total. The summed E-state index contributed by atoms with van der Waals surface area (Å²) < 4.78 is 20.9. The molecule has 0 spiro atoms. The quantitative estimate of drug-likeness (QED) is 0.569. The van der Waals surface area contributed by atoms with E-state index >= 15 is 0 Å². The van der Waals surface area contributed by atoms with E-state index in [1.165, 1.54) is 13.2 Å². The molecule has 0 radical (unpaired) electrons. The summed E-state index contributed by atoms with van der Waals surface area (Å²) >= 11 is 0.753. The first kappa shape index (κ1) is 18.1. The Kier molecular flexibility index (Phi) is 5.08. The fraction of sp³-hybridized carbons (Fsp3) is 0.353. The van der Waals surface area contributed by atoms with Crippen molar-refractivity contribution in [3.63, 3.8) is 0 Å². The number of hydrogen-bond acceptors (Lipinski definition) is 8. The SMILES string of the molecule is COc1cc2c(cc1/C=C1\SC(=O)N(CC(=O)OC(C)C)C1=O)OCO2. The molecule has 1 saturated heterocycles. The molecule has 0 bridgehead atoms. The maximum Gasteiger partial charge on any atom is 0.326 e. The van der Waals surface area contributed by atoms with Gasteiger partial charge in [-0.3, -0.25) is 19.3 Å². The average Bonchev–Trinajstić information content (AvgIpc) is 3.13. The van der Waals surface area contributed by atoms with E-state index in [0.29, 0.717) is 22.8 Å². The van der Waals surface area contributed by atoms with Crippen molar-refractivity contribution >= 4 is 35.0 Å². The van der Waals surface area contributed by atoms with Crippen molar-refractivity contribution in [3.8, 4) is 17.2 Å². The smallest absolute Gasteiger partial charge is 0.326 e. The van der Waals surface area contributed by atoms with Gasteiger partial charge in [0.25, 0.3) is 11.1 Å². The summed E-state index contributed by atoms with van der Waals surface area (Å²) in [6.07, 6.45) is 1.20. The van der Waals surface area contributed by atoms with E-state index in [2.05, 4.69) is 0 Å². The molecular weight excluding hydrogens is 362 g/mol. The summed E-state index contributed by atoms with van der Waals surface area (Å²) in [4.78, 5) is 37.4. The maximum absolute atomic E-state index is 12.5. The van der Waals surface area contributed by atoms with E-state index in [1.54, 1.807) is 26.0 Å². The molecular formula is C17H17NO7S. The van der Waals surface area contributed by atoms with Gasteiger partial charge in [0, 0.05) is 11.6 Å². The second kappa shape index (κ2) is 7.28. The molecule has 0 atom stereocenters. The molecule has 1 aromatic rings. The summed E-state index contributed by atoms with van der Waals surface area (Å²) in [6.45, 7) is 3.07.